The van der Waals surface area contributed by atoms with Crippen LogP contribution in [0.25, 0.3) is 0 Å². The van der Waals surface area contributed by atoms with Crippen LogP contribution in [0.1, 0.15) is 84.0 Å². The summed E-state index contributed by atoms with van der Waals surface area (Å²) in [5, 5.41) is 8.50. The summed E-state index contributed by atoms with van der Waals surface area (Å²) < 4.78 is 0. The van der Waals surface area contributed by atoms with Crippen molar-refractivity contribution in [3.8, 4) is 0 Å². The van der Waals surface area contributed by atoms with Crippen LogP contribution in [-0.2, 0) is 4.79 Å². The van der Waals surface area contributed by atoms with Gasteiger partial charge in [0.2, 0.25) is 0 Å². The average Bonchev–Trinajstić information content (AvgIpc) is 2.43. The Hall–Kier alpha value is 0.00195. The standard InChI is InChI=1S/C18H32O2.U/c1-2-3-4-5-6-7-8-9-10-11-12-13-14-15-16-17-18(19)20;/h6-7,9-10H,2-5,8,11-17H2,1H3,(H,19,20);/b7-6-,10-9-;. The minimum Gasteiger partial charge on any atom is -0.481 e. The van der Waals surface area contributed by atoms with Gasteiger partial charge in [-0.1, -0.05) is 63.3 Å². The average molecular weight is 518 g/mol. The van der Waals surface area contributed by atoms with E-state index in [9.17, 15) is 4.79 Å². The maximum atomic E-state index is 10.3. The first-order chi connectivity index (χ1) is 9.77. The first kappa shape index (κ1) is 23.3. The molecule has 0 unspecified atom stereocenters. The molecule has 0 atom stereocenters. The van der Waals surface area contributed by atoms with E-state index in [1.54, 1.807) is 0 Å². The number of carboxylic acid groups (broad SMARTS) is 1. The summed E-state index contributed by atoms with van der Waals surface area (Å²) in [7, 11) is 0. The molecule has 0 amide bonds. The molecule has 0 aliphatic rings. The van der Waals surface area contributed by atoms with Crippen LogP contribution >= 0.6 is 0 Å². The van der Waals surface area contributed by atoms with Gasteiger partial charge in [-0.2, -0.15) is 0 Å². The Morgan fingerprint density at radius 1 is 0.810 bits per heavy atom. The zero-order chi connectivity index (χ0) is 14.9. The fourth-order valence-corrected chi connectivity index (χ4v) is 2.09. The molecule has 0 fully saturated rings. The van der Waals surface area contributed by atoms with Crippen LogP contribution in [0.15, 0.2) is 24.3 Å². The van der Waals surface area contributed by atoms with Crippen molar-refractivity contribution in [3.63, 3.8) is 0 Å². The van der Waals surface area contributed by atoms with Gasteiger partial charge in [-0.25, -0.2) is 0 Å². The molecule has 0 aliphatic heterocycles. The van der Waals surface area contributed by atoms with Crippen LogP contribution in [0, 0.1) is 31.1 Å². The molecule has 21 heavy (non-hydrogen) atoms. The molecular formula is C18H32O2U. The molecule has 0 rings (SSSR count). The molecule has 0 spiro atoms. The Morgan fingerprint density at radius 2 is 1.33 bits per heavy atom. The third kappa shape index (κ3) is 22.4. The maximum Gasteiger partial charge on any atom is 0.303 e. The Bertz CT molecular complexity index is 272. The second-order valence-corrected chi connectivity index (χ2v) is 5.37. The van der Waals surface area contributed by atoms with E-state index in [1.165, 1.54) is 44.9 Å². The minimum absolute atomic E-state index is 0. The zero-order valence-electron chi connectivity index (χ0n) is 13.7. The van der Waals surface area contributed by atoms with Crippen LogP contribution in [-0.4, -0.2) is 11.1 Å². The summed E-state index contributed by atoms with van der Waals surface area (Å²) in [6.07, 6.45) is 22.3. The topological polar surface area (TPSA) is 37.3 Å². The monoisotopic (exact) mass is 518 g/mol. The third-order valence-corrected chi connectivity index (χ3v) is 3.34. The molecule has 0 aromatic heterocycles. The fourth-order valence-electron chi connectivity index (χ4n) is 2.09. The summed E-state index contributed by atoms with van der Waals surface area (Å²) >= 11 is 0. The van der Waals surface area contributed by atoms with E-state index in [-0.39, 0.29) is 31.1 Å². The van der Waals surface area contributed by atoms with Crippen molar-refractivity contribution >= 4 is 5.97 Å². The van der Waals surface area contributed by atoms with Crippen molar-refractivity contribution in [2.75, 3.05) is 0 Å². The van der Waals surface area contributed by atoms with Crippen molar-refractivity contribution in [2.45, 2.75) is 84.0 Å². The number of carbonyl (C=O) groups is 1. The molecule has 0 heterocycles. The van der Waals surface area contributed by atoms with E-state index in [1.807, 2.05) is 0 Å². The van der Waals surface area contributed by atoms with Gasteiger partial charge in [0, 0.05) is 37.5 Å². The number of allylic oxidation sites excluding steroid dienone is 4. The smallest absolute Gasteiger partial charge is 0.303 e. The Kier molecular flexibility index (Phi) is 22.2. The summed E-state index contributed by atoms with van der Waals surface area (Å²) in [6, 6.07) is 0. The van der Waals surface area contributed by atoms with E-state index in [0.29, 0.717) is 6.42 Å². The molecule has 0 aliphatic carbocycles. The first-order valence-corrected chi connectivity index (χ1v) is 8.29. The van der Waals surface area contributed by atoms with Crippen LogP contribution in [0.3, 0.4) is 0 Å². The number of hydrogen-bond donors (Lipinski definition) is 1. The molecule has 0 aromatic carbocycles. The number of unbranched alkanes of at least 4 members (excludes halogenated alkanes) is 8. The largest absolute Gasteiger partial charge is 0.481 e. The fraction of sp³-hybridized carbons (Fsp3) is 0.722. The normalized spacial score (nSPS) is 11.1. The van der Waals surface area contributed by atoms with E-state index < -0.39 is 5.97 Å². The second-order valence-electron chi connectivity index (χ2n) is 5.37. The Morgan fingerprint density at radius 3 is 1.90 bits per heavy atom. The van der Waals surface area contributed by atoms with Crippen molar-refractivity contribution < 1.29 is 41.0 Å². The van der Waals surface area contributed by atoms with Gasteiger partial charge in [0.1, 0.15) is 0 Å². The quantitative estimate of drug-likeness (QED) is 0.230. The molecule has 0 saturated carbocycles. The molecule has 2 nitrogen and oxygen atoms in total. The predicted molar refractivity (Wildman–Crippen MR) is 87.0 cm³/mol. The number of hydrogen-bond acceptors (Lipinski definition) is 1. The van der Waals surface area contributed by atoms with Crippen LogP contribution < -0.4 is 0 Å². The van der Waals surface area contributed by atoms with Gasteiger partial charge in [-0.3, -0.25) is 4.79 Å². The Labute approximate surface area is 154 Å². The van der Waals surface area contributed by atoms with Gasteiger partial charge in [0.25, 0.3) is 0 Å². The Balaban J connectivity index is 0. The second kappa shape index (κ2) is 20.0. The molecule has 120 valence electrons. The predicted octanol–water partition coefficient (Wildman–Crippen LogP) is 5.88. The molecule has 0 saturated heterocycles. The molecule has 0 aromatic rings. The molecular weight excluding hydrogens is 486 g/mol. The van der Waals surface area contributed by atoms with Crippen molar-refractivity contribution in [1.82, 2.24) is 0 Å². The van der Waals surface area contributed by atoms with Gasteiger partial charge >= 0.3 is 5.97 Å². The summed E-state index contributed by atoms with van der Waals surface area (Å²) in [5.74, 6) is -0.671. The van der Waals surface area contributed by atoms with Crippen LogP contribution in [0.4, 0.5) is 0 Å². The number of carboxylic acids is 1. The van der Waals surface area contributed by atoms with Crippen molar-refractivity contribution in [3.05, 3.63) is 24.3 Å². The maximum absolute atomic E-state index is 10.3. The van der Waals surface area contributed by atoms with E-state index >= 15 is 0 Å². The molecule has 0 bridgehead atoms. The van der Waals surface area contributed by atoms with E-state index in [0.717, 1.165) is 25.7 Å². The van der Waals surface area contributed by atoms with Crippen LogP contribution in [0.2, 0.25) is 0 Å². The van der Waals surface area contributed by atoms with Crippen LogP contribution in [0.5, 0.6) is 0 Å². The summed E-state index contributed by atoms with van der Waals surface area (Å²) in [4.78, 5) is 10.3. The number of rotatable bonds is 14. The number of aliphatic carboxylic acids is 1. The van der Waals surface area contributed by atoms with Gasteiger partial charge in [0.15, 0.2) is 0 Å². The van der Waals surface area contributed by atoms with Gasteiger partial charge < -0.3 is 5.11 Å². The zero-order valence-corrected chi connectivity index (χ0v) is 17.8. The third-order valence-electron chi connectivity index (χ3n) is 3.34. The SMILES string of the molecule is CCCCC/C=C\C/C=C\CCCCCCCC(=O)O.[U]. The first-order valence-electron chi connectivity index (χ1n) is 8.29. The summed E-state index contributed by atoms with van der Waals surface area (Å²) in [5.41, 5.74) is 0. The van der Waals surface area contributed by atoms with Crippen molar-refractivity contribution in [1.29, 1.82) is 0 Å². The molecule has 3 heteroatoms. The van der Waals surface area contributed by atoms with E-state index in [4.69, 9.17) is 5.11 Å². The van der Waals surface area contributed by atoms with Gasteiger partial charge in [-0.05, 0) is 38.5 Å². The minimum atomic E-state index is -0.671. The van der Waals surface area contributed by atoms with Gasteiger partial charge in [-0.15, -0.1) is 0 Å². The van der Waals surface area contributed by atoms with E-state index in [2.05, 4.69) is 31.2 Å². The molecule has 1 N–H and O–H groups in total. The van der Waals surface area contributed by atoms with Crippen molar-refractivity contribution in [2.24, 2.45) is 0 Å². The molecule has 0 radical (unpaired) electrons. The van der Waals surface area contributed by atoms with Gasteiger partial charge in [0.05, 0.1) is 0 Å². The summed E-state index contributed by atoms with van der Waals surface area (Å²) in [6.45, 7) is 2.23.